The number of hydrogen-bond donors (Lipinski definition) is 0. The fraction of sp³-hybridized carbons (Fsp3) is 0.667. The molecule has 2 saturated heterocycles. The molecule has 8 heteroatoms. The number of carbonyl (C=O) groups is 1. The van der Waals surface area contributed by atoms with E-state index in [0.29, 0.717) is 50.4 Å². The van der Waals surface area contributed by atoms with E-state index < -0.39 is 4.92 Å². The Morgan fingerprint density at radius 3 is 2.50 bits per heavy atom. The Bertz CT molecular complexity index is 650. The van der Waals surface area contributed by atoms with Crippen molar-refractivity contribution in [2.24, 2.45) is 11.8 Å². The monoisotopic (exact) mass is 361 g/mol. The largest absolute Gasteiger partial charge is 0.348 e. The van der Waals surface area contributed by atoms with Gasteiger partial charge in [-0.3, -0.25) is 19.8 Å². The number of hydrogen-bond acceptors (Lipinski definition) is 6. The summed E-state index contributed by atoms with van der Waals surface area (Å²) in [5.41, 5.74) is 0.0355. The molecule has 0 N–H and O–H groups in total. The number of carbonyl (C=O) groups excluding carboxylic acids is 1. The average Bonchev–Trinajstić information content (AvgIpc) is 2.61. The van der Waals surface area contributed by atoms with Gasteiger partial charge in [-0.1, -0.05) is 13.8 Å². The highest BCUT2D eigenvalue weighted by molar-refractivity contribution is 5.78. The highest BCUT2D eigenvalue weighted by Gasteiger charge is 2.29. The van der Waals surface area contributed by atoms with Crippen LogP contribution < -0.4 is 4.90 Å². The molecule has 1 aromatic heterocycles. The van der Waals surface area contributed by atoms with Crippen molar-refractivity contribution in [1.29, 1.82) is 0 Å². The molecular weight excluding hydrogens is 334 g/mol. The summed E-state index contributed by atoms with van der Waals surface area (Å²) in [6.07, 6.45) is 2.77. The van der Waals surface area contributed by atoms with Crippen molar-refractivity contribution in [2.75, 3.05) is 50.7 Å². The number of aromatic nitrogens is 1. The van der Waals surface area contributed by atoms with Gasteiger partial charge in [-0.2, -0.15) is 0 Å². The molecule has 0 bridgehead atoms. The average molecular weight is 361 g/mol. The van der Waals surface area contributed by atoms with Crippen molar-refractivity contribution in [2.45, 2.75) is 20.3 Å². The van der Waals surface area contributed by atoms with Gasteiger partial charge in [-0.25, -0.2) is 4.98 Å². The predicted molar refractivity (Wildman–Crippen MR) is 99.1 cm³/mol. The van der Waals surface area contributed by atoms with Crippen molar-refractivity contribution in [3.05, 3.63) is 28.4 Å². The summed E-state index contributed by atoms with van der Waals surface area (Å²) >= 11 is 0. The van der Waals surface area contributed by atoms with E-state index in [1.165, 1.54) is 12.5 Å². The van der Waals surface area contributed by atoms with Gasteiger partial charge in [0.25, 0.3) is 0 Å². The number of pyridine rings is 1. The summed E-state index contributed by atoms with van der Waals surface area (Å²) in [4.78, 5) is 33.7. The van der Waals surface area contributed by atoms with Crippen LogP contribution >= 0.6 is 0 Å². The van der Waals surface area contributed by atoms with Gasteiger partial charge in [-0.15, -0.1) is 0 Å². The molecule has 0 spiro atoms. The van der Waals surface area contributed by atoms with E-state index in [0.717, 1.165) is 13.1 Å². The standard InChI is InChI=1S/C18H27N5O3/c1-14-10-15(2)12-22(11-14)17(24)13-20-6-8-21(9-7-20)18-16(23(25)26)4-3-5-19-18/h3-5,14-15H,6-13H2,1-2H3. The summed E-state index contributed by atoms with van der Waals surface area (Å²) < 4.78 is 0. The zero-order valence-corrected chi connectivity index (χ0v) is 15.5. The molecule has 2 unspecified atom stereocenters. The number of nitrogens with zero attached hydrogens (tertiary/aromatic N) is 5. The zero-order chi connectivity index (χ0) is 18.7. The lowest BCUT2D eigenvalue weighted by atomic mass is 9.92. The molecule has 2 atom stereocenters. The van der Waals surface area contributed by atoms with E-state index in [1.807, 2.05) is 9.80 Å². The number of likely N-dealkylation sites (tertiary alicyclic amines) is 1. The van der Waals surface area contributed by atoms with Crippen LogP contribution in [0, 0.1) is 22.0 Å². The van der Waals surface area contributed by atoms with Crippen molar-refractivity contribution in [1.82, 2.24) is 14.8 Å². The Morgan fingerprint density at radius 2 is 1.88 bits per heavy atom. The first-order chi connectivity index (χ1) is 12.4. The maximum atomic E-state index is 12.6. The Balaban J connectivity index is 1.54. The third-order valence-electron chi connectivity index (χ3n) is 5.22. The molecule has 26 heavy (non-hydrogen) atoms. The summed E-state index contributed by atoms with van der Waals surface area (Å²) in [5, 5.41) is 11.2. The third-order valence-corrected chi connectivity index (χ3v) is 5.22. The van der Waals surface area contributed by atoms with Gasteiger partial charge in [0, 0.05) is 51.5 Å². The lowest BCUT2D eigenvalue weighted by Crippen LogP contribution is -2.52. The molecule has 0 saturated carbocycles. The highest BCUT2D eigenvalue weighted by Crippen LogP contribution is 2.26. The number of amides is 1. The van der Waals surface area contributed by atoms with Crippen molar-refractivity contribution >= 4 is 17.4 Å². The Hall–Kier alpha value is -2.22. The van der Waals surface area contributed by atoms with Crippen LogP contribution in [0.2, 0.25) is 0 Å². The molecule has 0 aliphatic carbocycles. The van der Waals surface area contributed by atoms with Crippen LogP contribution in [0.5, 0.6) is 0 Å². The van der Waals surface area contributed by atoms with Gasteiger partial charge in [0.2, 0.25) is 11.7 Å². The Kier molecular flexibility index (Phi) is 5.70. The molecule has 0 radical (unpaired) electrons. The van der Waals surface area contributed by atoms with Crippen molar-refractivity contribution in [3.63, 3.8) is 0 Å². The molecule has 0 aromatic carbocycles. The quantitative estimate of drug-likeness (QED) is 0.599. The number of nitro groups is 1. The van der Waals surface area contributed by atoms with E-state index in [9.17, 15) is 14.9 Å². The number of rotatable bonds is 4. The first kappa shape index (κ1) is 18.6. The normalized spacial score (nSPS) is 24.5. The van der Waals surface area contributed by atoms with Crippen LogP contribution in [-0.2, 0) is 4.79 Å². The summed E-state index contributed by atoms with van der Waals surface area (Å²) in [6.45, 7) is 9.22. The van der Waals surface area contributed by atoms with Crippen molar-refractivity contribution in [3.8, 4) is 0 Å². The van der Waals surface area contributed by atoms with Gasteiger partial charge in [0.05, 0.1) is 11.5 Å². The minimum Gasteiger partial charge on any atom is -0.348 e. The lowest BCUT2D eigenvalue weighted by Gasteiger charge is -2.38. The van der Waals surface area contributed by atoms with Gasteiger partial charge in [0.15, 0.2) is 0 Å². The summed E-state index contributed by atoms with van der Waals surface area (Å²) in [7, 11) is 0. The number of anilines is 1. The second-order valence-corrected chi connectivity index (χ2v) is 7.61. The van der Waals surface area contributed by atoms with Crippen LogP contribution in [0.4, 0.5) is 11.5 Å². The van der Waals surface area contributed by atoms with Crippen LogP contribution in [0.25, 0.3) is 0 Å². The second kappa shape index (κ2) is 7.99. The van der Waals surface area contributed by atoms with E-state index in [2.05, 4.69) is 23.7 Å². The summed E-state index contributed by atoms with van der Waals surface area (Å²) in [6, 6.07) is 3.06. The molecule has 8 nitrogen and oxygen atoms in total. The Morgan fingerprint density at radius 1 is 1.23 bits per heavy atom. The van der Waals surface area contributed by atoms with E-state index >= 15 is 0 Å². The maximum Gasteiger partial charge on any atom is 0.311 e. The summed E-state index contributed by atoms with van der Waals surface area (Å²) in [5.74, 6) is 1.73. The number of piperazine rings is 1. The lowest BCUT2D eigenvalue weighted by molar-refractivity contribution is -0.384. The van der Waals surface area contributed by atoms with Crippen LogP contribution in [-0.4, -0.2) is 71.4 Å². The smallest absolute Gasteiger partial charge is 0.311 e. The number of piperidine rings is 1. The van der Waals surface area contributed by atoms with Gasteiger partial charge in [-0.05, 0) is 24.3 Å². The molecule has 2 aliphatic rings. The zero-order valence-electron chi connectivity index (χ0n) is 15.5. The molecule has 1 aromatic rings. The molecule has 2 fully saturated rings. The fourth-order valence-corrected chi connectivity index (χ4v) is 4.05. The van der Waals surface area contributed by atoms with Crippen molar-refractivity contribution < 1.29 is 9.72 Å². The maximum absolute atomic E-state index is 12.6. The first-order valence-corrected chi connectivity index (χ1v) is 9.28. The van der Waals surface area contributed by atoms with Gasteiger partial charge in [0.1, 0.15) is 0 Å². The van der Waals surface area contributed by atoms with Crippen LogP contribution in [0.3, 0.4) is 0 Å². The van der Waals surface area contributed by atoms with E-state index in [-0.39, 0.29) is 11.6 Å². The predicted octanol–water partition coefficient (Wildman–Crippen LogP) is 1.62. The SMILES string of the molecule is CC1CC(C)CN(C(=O)CN2CCN(c3ncccc3[N+](=O)[O-])CC2)C1. The minimum atomic E-state index is -0.392. The Labute approximate surface area is 153 Å². The molecule has 3 heterocycles. The fourth-order valence-electron chi connectivity index (χ4n) is 4.05. The van der Waals surface area contributed by atoms with Crippen LogP contribution in [0.15, 0.2) is 18.3 Å². The molecule has 3 rings (SSSR count). The highest BCUT2D eigenvalue weighted by atomic mass is 16.6. The van der Waals surface area contributed by atoms with Gasteiger partial charge < -0.3 is 9.80 Å². The molecule has 2 aliphatic heterocycles. The topological polar surface area (TPSA) is 82.8 Å². The third kappa shape index (κ3) is 4.30. The van der Waals surface area contributed by atoms with Gasteiger partial charge >= 0.3 is 5.69 Å². The molecule has 1 amide bonds. The van der Waals surface area contributed by atoms with E-state index in [1.54, 1.807) is 12.3 Å². The molecule has 142 valence electrons. The van der Waals surface area contributed by atoms with Crippen LogP contribution in [0.1, 0.15) is 20.3 Å². The first-order valence-electron chi connectivity index (χ1n) is 9.28. The minimum absolute atomic E-state index is 0.0355. The van der Waals surface area contributed by atoms with E-state index in [4.69, 9.17) is 0 Å². The second-order valence-electron chi connectivity index (χ2n) is 7.61. The molecular formula is C18H27N5O3.